The first-order valence-electron chi connectivity index (χ1n) is 4.96. The SMILES string of the molecule is C=C(CCc1ccc2c(c1)OCO2)C(=O)O. The van der Waals surface area contributed by atoms with Crippen LogP contribution in [0.1, 0.15) is 12.0 Å². The summed E-state index contributed by atoms with van der Waals surface area (Å²) in [7, 11) is 0. The molecule has 0 saturated carbocycles. The minimum absolute atomic E-state index is 0.220. The van der Waals surface area contributed by atoms with Gasteiger partial charge in [0.1, 0.15) is 0 Å². The van der Waals surface area contributed by atoms with E-state index in [9.17, 15) is 4.79 Å². The average Bonchev–Trinajstić information content (AvgIpc) is 2.72. The molecule has 16 heavy (non-hydrogen) atoms. The summed E-state index contributed by atoms with van der Waals surface area (Å²) >= 11 is 0. The molecule has 0 fully saturated rings. The first-order valence-corrected chi connectivity index (χ1v) is 4.96. The van der Waals surface area contributed by atoms with Crippen molar-refractivity contribution in [2.45, 2.75) is 12.8 Å². The number of hydrogen-bond acceptors (Lipinski definition) is 3. The maximum Gasteiger partial charge on any atom is 0.330 e. The highest BCUT2D eigenvalue weighted by molar-refractivity contribution is 5.85. The van der Waals surface area contributed by atoms with Crippen LogP contribution < -0.4 is 9.47 Å². The third-order valence-electron chi connectivity index (χ3n) is 2.45. The second-order valence-corrected chi connectivity index (χ2v) is 3.60. The molecule has 4 nitrogen and oxygen atoms in total. The van der Waals surface area contributed by atoms with E-state index in [2.05, 4.69) is 6.58 Å². The molecule has 0 atom stereocenters. The Kier molecular flexibility index (Phi) is 2.81. The molecular weight excluding hydrogens is 208 g/mol. The van der Waals surface area contributed by atoms with Crippen LogP contribution in [0.4, 0.5) is 0 Å². The molecule has 0 unspecified atom stereocenters. The van der Waals surface area contributed by atoms with Gasteiger partial charge in [-0.25, -0.2) is 4.79 Å². The van der Waals surface area contributed by atoms with Gasteiger partial charge in [-0.3, -0.25) is 0 Å². The van der Waals surface area contributed by atoms with E-state index >= 15 is 0 Å². The Morgan fingerprint density at radius 3 is 2.88 bits per heavy atom. The highest BCUT2D eigenvalue weighted by Crippen LogP contribution is 2.32. The predicted molar refractivity (Wildman–Crippen MR) is 57.7 cm³/mol. The maximum absolute atomic E-state index is 10.6. The summed E-state index contributed by atoms with van der Waals surface area (Å²) in [6, 6.07) is 5.61. The number of benzene rings is 1. The summed E-state index contributed by atoms with van der Waals surface area (Å²) < 4.78 is 10.4. The standard InChI is InChI=1S/C12H12O4/c1-8(12(13)14)2-3-9-4-5-10-11(6-9)16-7-15-10/h4-6H,1-3,7H2,(H,13,14). The lowest BCUT2D eigenvalue weighted by molar-refractivity contribution is -0.132. The van der Waals surface area contributed by atoms with Crippen LogP contribution in [0.3, 0.4) is 0 Å². The Morgan fingerprint density at radius 2 is 2.12 bits per heavy atom. The Labute approximate surface area is 93.1 Å². The van der Waals surface area contributed by atoms with Crippen LogP contribution in [-0.2, 0) is 11.2 Å². The van der Waals surface area contributed by atoms with Crippen molar-refractivity contribution >= 4 is 5.97 Å². The van der Waals surface area contributed by atoms with Crippen LogP contribution in [0, 0.1) is 0 Å². The van der Waals surface area contributed by atoms with E-state index in [0.29, 0.717) is 12.8 Å². The second kappa shape index (κ2) is 4.26. The van der Waals surface area contributed by atoms with E-state index in [1.54, 1.807) is 0 Å². The quantitative estimate of drug-likeness (QED) is 0.788. The van der Waals surface area contributed by atoms with Crippen LogP contribution in [0.2, 0.25) is 0 Å². The van der Waals surface area contributed by atoms with Gasteiger partial charge in [-0.2, -0.15) is 0 Å². The summed E-state index contributed by atoms with van der Waals surface area (Å²) in [5.41, 5.74) is 1.24. The van der Waals surface area contributed by atoms with Gasteiger partial charge in [0.25, 0.3) is 0 Å². The zero-order chi connectivity index (χ0) is 11.5. The molecule has 0 aromatic heterocycles. The summed E-state index contributed by atoms with van der Waals surface area (Å²) in [6.07, 6.45) is 1.08. The van der Waals surface area contributed by atoms with Crippen molar-refractivity contribution in [3.63, 3.8) is 0 Å². The van der Waals surface area contributed by atoms with Crippen molar-refractivity contribution < 1.29 is 19.4 Å². The van der Waals surface area contributed by atoms with Crippen LogP contribution in [0.15, 0.2) is 30.4 Å². The average molecular weight is 220 g/mol. The van der Waals surface area contributed by atoms with Crippen molar-refractivity contribution in [3.8, 4) is 11.5 Å². The zero-order valence-electron chi connectivity index (χ0n) is 8.73. The number of aryl methyl sites for hydroxylation is 1. The van der Waals surface area contributed by atoms with E-state index in [-0.39, 0.29) is 12.4 Å². The smallest absolute Gasteiger partial charge is 0.330 e. The third kappa shape index (κ3) is 2.16. The van der Waals surface area contributed by atoms with Gasteiger partial charge < -0.3 is 14.6 Å². The highest BCUT2D eigenvalue weighted by atomic mass is 16.7. The van der Waals surface area contributed by atoms with Gasteiger partial charge in [0.2, 0.25) is 6.79 Å². The van der Waals surface area contributed by atoms with E-state index in [0.717, 1.165) is 17.1 Å². The number of carboxylic acids is 1. The fourth-order valence-electron chi connectivity index (χ4n) is 1.50. The molecule has 1 aliphatic heterocycles. The van der Waals surface area contributed by atoms with Crippen molar-refractivity contribution in [1.29, 1.82) is 0 Å². The molecule has 84 valence electrons. The Hall–Kier alpha value is -1.97. The number of carbonyl (C=O) groups is 1. The van der Waals surface area contributed by atoms with Gasteiger partial charge in [0.05, 0.1) is 0 Å². The molecule has 0 radical (unpaired) electrons. The monoisotopic (exact) mass is 220 g/mol. The molecule has 4 heteroatoms. The van der Waals surface area contributed by atoms with Crippen molar-refractivity contribution in [3.05, 3.63) is 35.9 Å². The second-order valence-electron chi connectivity index (χ2n) is 3.60. The molecule has 2 rings (SSSR count). The van der Waals surface area contributed by atoms with Crippen LogP contribution in [0.25, 0.3) is 0 Å². The fraction of sp³-hybridized carbons (Fsp3) is 0.250. The molecule has 0 saturated heterocycles. The molecular formula is C12H12O4. The van der Waals surface area contributed by atoms with Gasteiger partial charge in [0.15, 0.2) is 11.5 Å². The third-order valence-corrected chi connectivity index (χ3v) is 2.45. The molecule has 0 bridgehead atoms. The van der Waals surface area contributed by atoms with Crippen molar-refractivity contribution in [1.82, 2.24) is 0 Å². The lowest BCUT2D eigenvalue weighted by Gasteiger charge is -2.03. The molecule has 1 aliphatic rings. The van der Waals surface area contributed by atoms with Gasteiger partial charge in [0, 0.05) is 5.57 Å². The van der Waals surface area contributed by atoms with Gasteiger partial charge in [-0.15, -0.1) is 0 Å². The van der Waals surface area contributed by atoms with Gasteiger partial charge >= 0.3 is 5.97 Å². The molecule has 1 aromatic carbocycles. The van der Waals surface area contributed by atoms with Gasteiger partial charge in [-0.1, -0.05) is 12.6 Å². The minimum atomic E-state index is -0.944. The Bertz CT molecular complexity index is 437. The van der Waals surface area contributed by atoms with E-state index < -0.39 is 5.97 Å². The van der Waals surface area contributed by atoms with Crippen LogP contribution >= 0.6 is 0 Å². The number of rotatable bonds is 4. The number of carboxylic acid groups (broad SMARTS) is 1. The van der Waals surface area contributed by atoms with Crippen molar-refractivity contribution in [2.75, 3.05) is 6.79 Å². The molecule has 0 spiro atoms. The first-order chi connectivity index (χ1) is 7.66. The summed E-state index contributed by atoms with van der Waals surface area (Å²) in [6.45, 7) is 3.74. The highest BCUT2D eigenvalue weighted by Gasteiger charge is 2.13. The topological polar surface area (TPSA) is 55.8 Å². The van der Waals surface area contributed by atoms with Crippen molar-refractivity contribution in [2.24, 2.45) is 0 Å². The molecule has 0 amide bonds. The van der Waals surface area contributed by atoms with Crippen LogP contribution in [0.5, 0.6) is 11.5 Å². The summed E-state index contributed by atoms with van der Waals surface area (Å²) in [4.78, 5) is 10.6. The number of aliphatic carboxylic acids is 1. The van der Waals surface area contributed by atoms with Gasteiger partial charge in [-0.05, 0) is 30.5 Å². The van der Waals surface area contributed by atoms with E-state index in [1.807, 2.05) is 18.2 Å². The lowest BCUT2D eigenvalue weighted by atomic mass is 10.1. The fourth-order valence-corrected chi connectivity index (χ4v) is 1.50. The number of ether oxygens (including phenoxy) is 2. The number of hydrogen-bond donors (Lipinski definition) is 1. The Morgan fingerprint density at radius 1 is 1.38 bits per heavy atom. The molecule has 1 N–H and O–H groups in total. The molecule has 1 heterocycles. The molecule has 0 aliphatic carbocycles. The Balaban J connectivity index is 2.00. The molecule has 1 aromatic rings. The number of fused-ring (bicyclic) bond motifs is 1. The summed E-state index contributed by atoms with van der Waals surface area (Å²) in [5.74, 6) is 0.514. The summed E-state index contributed by atoms with van der Waals surface area (Å²) in [5, 5.41) is 8.67. The first kappa shape index (κ1) is 10.5. The van der Waals surface area contributed by atoms with E-state index in [4.69, 9.17) is 14.6 Å². The normalized spacial score (nSPS) is 12.5. The van der Waals surface area contributed by atoms with Crippen LogP contribution in [-0.4, -0.2) is 17.9 Å². The van der Waals surface area contributed by atoms with E-state index in [1.165, 1.54) is 0 Å². The maximum atomic E-state index is 10.6. The zero-order valence-corrected chi connectivity index (χ0v) is 8.73. The largest absolute Gasteiger partial charge is 0.478 e. The lowest BCUT2D eigenvalue weighted by Crippen LogP contribution is -2.00. The minimum Gasteiger partial charge on any atom is -0.478 e. The predicted octanol–water partition coefficient (Wildman–Crippen LogP) is 1.99.